The molecule has 7 nitrogen and oxygen atoms in total. The molecular weight excluding hydrogens is 412 g/mol. The first kappa shape index (κ1) is 22.5. The Labute approximate surface area is 186 Å². The molecule has 2 amide bonds. The number of thiophene rings is 1. The minimum absolute atomic E-state index is 0.206. The van der Waals surface area contributed by atoms with Crippen LogP contribution in [0.1, 0.15) is 41.7 Å². The van der Waals surface area contributed by atoms with Crippen LogP contribution in [-0.4, -0.2) is 42.3 Å². The number of amides is 2. The zero-order valence-corrected chi connectivity index (χ0v) is 18.2. The highest BCUT2D eigenvalue weighted by Crippen LogP contribution is 2.38. The number of aliphatic imine (C=N–C) groups is 1. The number of fused-ring (bicyclic) bond motifs is 1. The summed E-state index contributed by atoms with van der Waals surface area (Å²) in [4.78, 5) is 31.3. The van der Waals surface area contributed by atoms with Gasteiger partial charge in [0.2, 0.25) is 5.91 Å². The average molecular weight is 439 g/mol. The maximum Gasteiger partial charge on any atom is 0.410 e. The first-order valence-electron chi connectivity index (χ1n) is 10.3. The van der Waals surface area contributed by atoms with Gasteiger partial charge in [0.25, 0.3) is 0 Å². The molecule has 1 unspecified atom stereocenters. The van der Waals surface area contributed by atoms with Gasteiger partial charge in [-0.1, -0.05) is 13.2 Å². The molecule has 1 fully saturated rings. The summed E-state index contributed by atoms with van der Waals surface area (Å²) in [7, 11) is 0. The maximum absolute atomic E-state index is 12.4. The van der Waals surface area contributed by atoms with Crippen LogP contribution in [0.15, 0.2) is 42.1 Å². The Morgan fingerprint density at radius 2 is 2.06 bits per heavy atom. The fourth-order valence-corrected chi connectivity index (χ4v) is 4.95. The summed E-state index contributed by atoms with van der Waals surface area (Å²) in [5.41, 5.74) is 1.99. The summed E-state index contributed by atoms with van der Waals surface area (Å²) in [6, 6.07) is 2.21. The molecule has 2 aliphatic rings. The lowest BCUT2D eigenvalue weighted by atomic mass is 9.94. The average Bonchev–Trinajstić information content (AvgIpc) is 3.12. The van der Waals surface area contributed by atoms with E-state index < -0.39 is 0 Å². The third-order valence-corrected chi connectivity index (χ3v) is 6.41. The maximum atomic E-state index is 12.4. The third-order valence-electron chi connectivity index (χ3n) is 5.24. The molecule has 1 aromatic rings. The number of likely N-dealkylation sites (tertiary alicyclic amines) is 1. The van der Waals surface area contributed by atoms with E-state index in [4.69, 9.17) is 4.74 Å². The Morgan fingerprint density at radius 1 is 1.29 bits per heavy atom. The second kappa shape index (κ2) is 10.7. The molecule has 1 aliphatic heterocycles. The largest absolute Gasteiger partial charge is 0.446 e. The summed E-state index contributed by atoms with van der Waals surface area (Å²) in [6.07, 6.45) is 10.4. The Kier molecular flexibility index (Phi) is 7.79. The van der Waals surface area contributed by atoms with Gasteiger partial charge in [-0.3, -0.25) is 9.79 Å². The van der Waals surface area contributed by atoms with Gasteiger partial charge < -0.3 is 15.0 Å². The number of hydrogen-bond acceptors (Lipinski definition) is 6. The SMILES string of the molecule is C=CN=CC(=C)/C=C/C(=O)Nc1sc2c(c1C#N)CCC(OC(=O)N1CCCCC1)C2. The van der Waals surface area contributed by atoms with Gasteiger partial charge in [-0.15, -0.1) is 11.3 Å². The quantitative estimate of drug-likeness (QED) is 0.405. The highest BCUT2D eigenvalue weighted by Gasteiger charge is 2.29. The molecule has 0 aromatic carbocycles. The molecule has 1 aliphatic carbocycles. The first-order chi connectivity index (χ1) is 15.0. The number of ether oxygens (including phenoxy) is 1. The van der Waals surface area contributed by atoms with Crippen LogP contribution in [0.3, 0.4) is 0 Å². The Morgan fingerprint density at radius 3 is 2.77 bits per heavy atom. The van der Waals surface area contributed by atoms with Gasteiger partial charge in [0, 0.05) is 42.9 Å². The number of anilines is 1. The fraction of sp³-hybridized carbons (Fsp3) is 0.391. The molecule has 0 radical (unpaired) electrons. The lowest BCUT2D eigenvalue weighted by Gasteiger charge is -2.29. The lowest BCUT2D eigenvalue weighted by Crippen LogP contribution is -2.39. The van der Waals surface area contributed by atoms with Crippen molar-refractivity contribution in [2.24, 2.45) is 4.99 Å². The highest BCUT2D eigenvalue weighted by molar-refractivity contribution is 7.16. The number of nitrogens with one attached hydrogen (secondary N) is 1. The number of nitriles is 1. The van der Waals surface area contributed by atoms with Crippen molar-refractivity contribution >= 4 is 34.6 Å². The molecule has 162 valence electrons. The molecule has 1 N–H and O–H groups in total. The van der Waals surface area contributed by atoms with E-state index in [9.17, 15) is 14.9 Å². The van der Waals surface area contributed by atoms with Crippen LogP contribution in [0.5, 0.6) is 0 Å². The molecule has 2 heterocycles. The molecule has 0 bridgehead atoms. The van der Waals surface area contributed by atoms with E-state index in [1.165, 1.54) is 35.9 Å². The van der Waals surface area contributed by atoms with Crippen LogP contribution < -0.4 is 5.32 Å². The van der Waals surface area contributed by atoms with Gasteiger partial charge in [-0.2, -0.15) is 5.26 Å². The Balaban J connectivity index is 1.63. The summed E-state index contributed by atoms with van der Waals surface area (Å²) in [6.45, 7) is 8.75. The van der Waals surface area contributed by atoms with Gasteiger partial charge in [0.1, 0.15) is 17.2 Å². The predicted octanol–water partition coefficient (Wildman–Crippen LogP) is 4.36. The van der Waals surface area contributed by atoms with Crippen molar-refractivity contribution in [1.29, 1.82) is 5.26 Å². The standard InChI is InChI=1S/C23H26N4O3S/c1-3-25-15-16(2)7-10-21(28)26-22-19(14-24)18-9-8-17(13-20(18)31-22)30-23(29)27-11-5-4-6-12-27/h3,7,10,15,17H,1-2,4-6,8-9,11-13H2,(H,26,28)/b10-7+,25-15?. The minimum atomic E-state index is -0.351. The van der Waals surface area contributed by atoms with Gasteiger partial charge in [-0.25, -0.2) is 4.79 Å². The third kappa shape index (κ3) is 5.92. The van der Waals surface area contributed by atoms with Gasteiger partial charge >= 0.3 is 6.09 Å². The van der Waals surface area contributed by atoms with Crippen LogP contribution in [-0.2, 0) is 22.4 Å². The van der Waals surface area contributed by atoms with Crippen molar-refractivity contribution in [3.05, 3.63) is 53.1 Å². The van der Waals surface area contributed by atoms with E-state index in [2.05, 4.69) is 29.5 Å². The number of carbonyl (C=O) groups is 2. The van der Waals surface area contributed by atoms with Crippen molar-refractivity contribution in [2.75, 3.05) is 18.4 Å². The van der Waals surface area contributed by atoms with E-state index in [1.54, 1.807) is 4.90 Å². The van der Waals surface area contributed by atoms with Crippen molar-refractivity contribution in [3.63, 3.8) is 0 Å². The highest BCUT2D eigenvalue weighted by atomic mass is 32.1. The zero-order valence-electron chi connectivity index (χ0n) is 17.4. The minimum Gasteiger partial charge on any atom is -0.446 e. The van der Waals surface area contributed by atoms with E-state index in [-0.39, 0.29) is 18.1 Å². The molecule has 1 atom stereocenters. The monoisotopic (exact) mass is 438 g/mol. The van der Waals surface area contributed by atoms with Crippen molar-refractivity contribution in [3.8, 4) is 6.07 Å². The van der Waals surface area contributed by atoms with Crippen molar-refractivity contribution in [2.45, 2.75) is 44.6 Å². The molecule has 1 aromatic heterocycles. The predicted molar refractivity (Wildman–Crippen MR) is 122 cm³/mol. The van der Waals surface area contributed by atoms with Crippen molar-refractivity contribution < 1.29 is 14.3 Å². The van der Waals surface area contributed by atoms with Crippen molar-refractivity contribution in [1.82, 2.24) is 4.90 Å². The zero-order chi connectivity index (χ0) is 22.2. The van der Waals surface area contributed by atoms with Gasteiger partial charge in [-0.05, 0) is 49.3 Å². The number of allylic oxidation sites excluding steroid dienone is 2. The number of piperidine rings is 1. The van der Waals surface area contributed by atoms with E-state index in [1.807, 2.05) is 0 Å². The molecule has 0 spiro atoms. The van der Waals surface area contributed by atoms with Gasteiger partial charge in [0.15, 0.2) is 0 Å². The van der Waals surface area contributed by atoms with Crippen LogP contribution in [0.4, 0.5) is 9.80 Å². The van der Waals surface area contributed by atoms with Gasteiger partial charge in [0.05, 0.1) is 5.56 Å². The molecule has 1 saturated heterocycles. The summed E-state index contributed by atoms with van der Waals surface area (Å²) in [5.74, 6) is -0.351. The summed E-state index contributed by atoms with van der Waals surface area (Å²) >= 11 is 1.37. The second-order valence-electron chi connectivity index (χ2n) is 7.47. The number of hydrogen-bond donors (Lipinski definition) is 1. The van der Waals surface area contributed by atoms with E-state index in [0.29, 0.717) is 35.4 Å². The van der Waals surface area contributed by atoms with E-state index in [0.717, 1.165) is 42.8 Å². The fourth-order valence-electron chi connectivity index (χ4n) is 3.68. The second-order valence-corrected chi connectivity index (χ2v) is 8.58. The Hall–Kier alpha value is -3.18. The van der Waals surface area contributed by atoms with E-state index >= 15 is 0 Å². The molecule has 3 rings (SSSR count). The number of carbonyl (C=O) groups excluding carboxylic acids is 2. The summed E-state index contributed by atoms with van der Waals surface area (Å²) < 4.78 is 5.73. The number of rotatable bonds is 6. The normalized spacial score (nSPS) is 18.4. The first-order valence-corrected chi connectivity index (χ1v) is 11.2. The molecule has 8 heteroatoms. The van der Waals surface area contributed by atoms with Crippen LogP contribution >= 0.6 is 11.3 Å². The molecule has 31 heavy (non-hydrogen) atoms. The Bertz CT molecular complexity index is 964. The summed E-state index contributed by atoms with van der Waals surface area (Å²) in [5, 5.41) is 12.9. The van der Waals surface area contributed by atoms with Crippen LogP contribution in [0, 0.1) is 11.3 Å². The molecular formula is C23H26N4O3S. The van der Waals surface area contributed by atoms with Crippen LogP contribution in [0.25, 0.3) is 0 Å². The number of nitrogens with zero attached hydrogens (tertiary/aromatic N) is 3. The lowest BCUT2D eigenvalue weighted by molar-refractivity contribution is -0.111. The van der Waals surface area contributed by atoms with Crippen LogP contribution in [0.2, 0.25) is 0 Å². The smallest absolute Gasteiger partial charge is 0.410 e. The molecule has 0 saturated carbocycles. The topological polar surface area (TPSA) is 94.8 Å².